The first-order chi connectivity index (χ1) is 10.3. The molecule has 0 radical (unpaired) electrons. The summed E-state index contributed by atoms with van der Waals surface area (Å²) < 4.78 is 40.4. The summed E-state index contributed by atoms with van der Waals surface area (Å²) in [6, 6.07) is 6.06. The molecule has 6 heteroatoms. The molecule has 4 nitrogen and oxygen atoms in total. The molecule has 1 aromatic rings. The van der Waals surface area contributed by atoms with Crippen LogP contribution in [0.4, 0.5) is 4.39 Å². The highest BCUT2D eigenvalue weighted by atomic mass is 32.2. The lowest BCUT2D eigenvalue weighted by molar-refractivity contribution is 0.0518. The molecule has 0 amide bonds. The van der Waals surface area contributed by atoms with Crippen molar-refractivity contribution < 1.29 is 12.8 Å². The van der Waals surface area contributed by atoms with E-state index in [-0.39, 0.29) is 10.3 Å². The molecule has 0 saturated carbocycles. The van der Waals surface area contributed by atoms with Crippen LogP contribution in [0.1, 0.15) is 26.7 Å². The third-order valence-corrected chi connectivity index (χ3v) is 6.98. The second-order valence-corrected chi connectivity index (χ2v) is 8.93. The summed E-state index contributed by atoms with van der Waals surface area (Å²) in [5.41, 5.74) is 0.289. The van der Waals surface area contributed by atoms with E-state index in [0.29, 0.717) is 25.0 Å². The molecule has 2 fully saturated rings. The molecule has 22 heavy (non-hydrogen) atoms. The molecule has 1 N–H and O–H groups in total. The molecule has 2 aliphatic rings. The summed E-state index contributed by atoms with van der Waals surface area (Å²) in [6.07, 6.45) is 1.66. The van der Waals surface area contributed by atoms with Crippen molar-refractivity contribution in [1.29, 1.82) is 0 Å². The van der Waals surface area contributed by atoms with Crippen molar-refractivity contribution in [2.75, 3.05) is 19.6 Å². The predicted octanol–water partition coefficient (Wildman–Crippen LogP) is 2.22. The normalized spacial score (nSPS) is 26.6. The lowest BCUT2D eigenvalue weighted by Crippen LogP contribution is -2.63. The van der Waals surface area contributed by atoms with E-state index in [2.05, 4.69) is 19.2 Å². The van der Waals surface area contributed by atoms with Crippen molar-refractivity contribution >= 4 is 10.0 Å². The average molecular weight is 326 g/mol. The lowest BCUT2D eigenvalue weighted by Gasteiger charge is -2.51. The van der Waals surface area contributed by atoms with Gasteiger partial charge in [-0.1, -0.05) is 26.0 Å². The Balaban J connectivity index is 1.70. The number of piperidine rings is 1. The van der Waals surface area contributed by atoms with E-state index in [1.165, 1.54) is 22.5 Å². The molecule has 2 saturated heterocycles. The average Bonchev–Trinajstić information content (AvgIpc) is 2.47. The van der Waals surface area contributed by atoms with Gasteiger partial charge in [0.05, 0.1) is 0 Å². The monoisotopic (exact) mass is 326 g/mol. The first-order valence-corrected chi connectivity index (χ1v) is 9.24. The van der Waals surface area contributed by atoms with Gasteiger partial charge in [-0.15, -0.1) is 0 Å². The Kier molecular flexibility index (Phi) is 4.03. The van der Waals surface area contributed by atoms with Gasteiger partial charge in [0, 0.05) is 25.7 Å². The van der Waals surface area contributed by atoms with Crippen LogP contribution in [0, 0.1) is 17.2 Å². The van der Waals surface area contributed by atoms with Gasteiger partial charge in [-0.25, -0.2) is 12.8 Å². The fraction of sp³-hybridized carbons (Fsp3) is 0.625. The van der Waals surface area contributed by atoms with Gasteiger partial charge in [0.2, 0.25) is 10.0 Å². The van der Waals surface area contributed by atoms with E-state index in [9.17, 15) is 12.8 Å². The summed E-state index contributed by atoms with van der Waals surface area (Å²) >= 11 is 0. The number of benzene rings is 1. The summed E-state index contributed by atoms with van der Waals surface area (Å²) in [5.74, 6) is -0.178. The summed E-state index contributed by atoms with van der Waals surface area (Å²) in [4.78, 5) is -0.212. The zero-order chi connectivity index (χ0) is 16.0. The molecule has 122 valence electrons. The van der Waals surface area contributed by atoms with Gasteiger partial charge >= 0.3 is 0 Å². The molecule has 2 heterocycles. The minimum Gasteiger partial charge on any atom is -0.313 e. The lowest BCUT2D eigenvalue weighted by atomic mass is 9.69. The van der Waals surface area contributed by atoms with Gasteiger partial charge in [-0.3, -0.25) is 0 Å². The fourth-order valence-electron chi connectivity index (χ4n) is 3.68. The smallest absolute Gasteiger partial charge is 0.245 e. The van der Waals surface area contributed by atoms with Crippen LogP contribution in [0.3, 0.4) is 0 Å². The van der Waals surface area contributed by atoms with Crippen LogP contribution in [0.25, 0.3) is 0 Å². The largest absolute Gasteiger partial charge is 0.313 e. The maximum Gasteiger partial charge on any atom is 0.245 e. The number of nitrogens with one attached hydrogen (secondary N) is 1. The van der Waals surface area contributed by atoms with E-state index in [1.54, 1.807) is 6.07 Å². The number of hydrogen-bond acceptors (Lipinski definition) is 3. The first-order valence-electron chi connectivity index (χ1n) is 7.80. The Bertz CT molecular complexity index is 652. The third-order valence-electron chi connectivity index (χ3n) is 5.04. The highest BCUT2D eigenvalue weighted by Gasteiger charge is 2.44. The van der Waals surface area contributed by atoms with Crippen molar-refractivity contribution in [3.63, 3.8) is 0 Å². The SMILES string of the molecule is CC1(C)CNC1C1CCN(S(=O)(=O)c2ccccc2F)CC1. The standard InChI is InChI=1S/C16H23FN2O2S/c1-16(2)11-18-15(16)12-7-9-19(10-8-12)22(20,21)14-6-4-3-5-13(14)17/h3-6,12,15,18H,7-11H2,1-2H3. The van der Waals surface area contributed by atoms with Crippen LogP contribution in [0.2, 0.25) is 0 Å². The Hall–Kier alpha value is -0.980. The van der Waals surface area contributed by atoms with Crippen LogP contribution in [0.15, 0.2) is 29.2 Å². The number of hydrogen-bond donors (Lipinski definition) is 1. The van der Waals surface area contributed by atoms with Gasteiger partial charge in [0.15, 0.2) is 0 Å². The molecule has 1 aromatic carbocycles. The first kappa shape index (κ1) is 15.9. The Labute approximate surface area is 131 Å². The second-order valence-electron chi connectivity index (χ2n) is 7.02. The minimum atomic E-state index is -3.72. The van der Waals surface area contributed by atoms with Crippen LogP contribution in [-0.4, -0.2) is 38.4 Å². The van der Waals surface area contributed by atoms with Crippen molar-refractivity contribution in [2.24, 2.45) is 11.3 Å². The summed E-state index contributed by atoms with van der Waals surface area (Å²) in [6.45, 7) is 6.45. The number of rotatable bonds is 3. The van der Waals surface area contributed by atoms with Crippen LogP contribution < -0.4 is 5.32 Å². The van der Waals surface area contributed by atoms with Gasteiger partial charge in [0.25, 0.3) is 0 Å². The molecule has 0 bridgehead atoms. The molecule has 2 aliphatic heterocycles. The van der Waals surface area contributed by atoms with E-state index in [0.717, 1.165) is 19.4 Å². The molecule has 0 spiro atoms. The van der Waals surface area contributed by atoms with Crippen LogP contribution >= 0.6 is 0 Å². The highest BCUT2D eigenvalue weighted by Crippen LogP contribution is 2.38. The van der Waals surface area contributed by atoms with E-state index in [4.69, 9.17) is 0 Å². The second kappa shape index (κ2) is 5.58. The zero-order valence-electron chi connectivity index (χ0n) is 13.0. The summed E-state index contributed by atoms with van der Waals surface area (Å²) in [7, 11) is -3.72. The highest BCUT2D eigenvalue weighted by molar-refractivity contribution is 7.89. The van der Waals surface area contributed by atoms with E-state index in [1.807, 2.05) is 0 Å². The van der Waals surface area contributed by atoms with Gasteiger partial charge in [0.1, 0.15) is 10.7 Å². The van der Waals surface area contributed by atoms with E-state index < -0.39 is 15.8 Å². The Morgan fingerprint density at radius 2 is 1.86 bits per heavy atom. The number of nitrogens with zero attached hydrogens (tertiary/aromatic N) is 1. The number of halogens is 1. The molecule has 0 aromatic heterocycles. The minimum absolute atomic E-state index is 0.212. The number of sulfonamides is 1. The maximum atomic E-state index is 13.8. The van der Waals surface area contributed by atoms with Crippen LogP contribution in [-0.2, 0) is 10.0 Å². The molecule has 1 atom stereocenters. The van der Waals surface area contributed by atoms with Crippen molar-refractivity contribution in [1.82, 2.24) is 9.62 Å². The van der Waals surface area contributed by atoms with Crippen LogP contribution in [0.5, 0.6) is 0 Å². The van der Waals surface area contributed by atoms with Crippen molar-refractivity contribution in [3.05, 3.63) is 30.1 Å². The van der Waals surface area contributed by atoms with Gasteiger partial charge in [-0.2, -0.15) is 4.31 Å². The molecule has 0 aliphatic carbocycles. The Morgan fingerprint density at radius 1 is 1.23 bits per heavy atom. The van der Waals surface area contributed by atoms with Crippen molar-refractivity contribution in [3.8, 4) is 0 Å². The molecule has 3 rings (SSSR count). The third kappa shape index (κ3) is 2.68. The molecule has 1 unspecified atom stereocenters. The topological polar surface area (TPSA) is 49.4 Å². The Morgan fingerprint density at radius 3 is 2.36 bits per heavy atom. The summed E-state index contributed by atoms with van der Waals surface area (Å²) in [5, 5.41) is 3.47. The van der Waals surface area contributed by atoms with Crippen molar-refractivity contribution in [2.45, 2.75) is 37.6 Å². The molecular formula is C16H23FN2O2S. The quantitative estimate of drug-likeness (QED) is 0.927. The maximum absolute atomic E-state index is 13.8. The van der Waals surface area contributed by atoms with Gasteiger partial charge < -0.3 is 5.32 Å². The molecular weight excluding hydrogens is 303 g/mol. The van der Waals surface area contributed by atoms with E-state index >= 15 is 0 Å². The van der Waals surface area contributed by atoms with Gasteiger partial charge in [-0.05, 0) is 36.3 Å². The predicted molar refractivity (Wildman–Crippen MR) is 83.5 cm³/mol. The zero-order valence-corrected chi connectivity index (χ0v) is 13.9. The fourth-order valence-corrected chi connectivity index (χ4v) is 5.21.